The summed E-state index contributed by atoms with van der Waals surface area (Å²) in [5, 5.41) is 3.99. The lowest BCUT2D eigenvalue weighted by Crippen LogP contribution is -2.56. The van der Waals surface area contributed by atoms with Crippen molar-refractivity contribution in [2.45, 2.75) is 115 Å². The van der Waals surface area contributed by atoms with Crippen molar-refractivity contribution in [2.24, 2.45) is 5.92 Å². The summed E-state index contributed by atoms with van der Waals surface area (Å²) in [5.74, 6) is 1.98. The van der Waals surface area contributed by atoms with E-state index in [4.69, 9.17) is 4.74 Å². The Kier molecular flexibility index (Phi) is 11.6. The van der Waals surface area contributed by atoms with Gasteiger partial charge in [-0.1, -0.05) is 64.7 Å². The lowest BCUT2D eigenvalue weighted by molar-refractivity contribution is -0.119. The third-order valence-corrected chi connectivity index (χ3v) is 10.1. The van der Waals surface area contributed by atoms with Gasteiger partial charge in [-0.3, -0.25) is 14.9 Å². The van der Waals surface area contributed by atoms with Crippen molar-refractivity contribution in [2.75, 3.05) is 18.0 Å². The van der Waals surface area contributed by atoms with Crippen molar-refractivity contribution in [3.63, 3.8) is 0 Å². The number of carbonyl (C=O) groups is 2. The van der Waals surface area contributed by atoms with Gasteiger partial charge in [-0.05, 0) is 93.2 Å². The summed E-state index contributed by atoms with van der Waals surface area (Å²) >= 11 is 0. The molecule has 2 bridgehead atoms. The Morgan fingerprint density at radius 2 is 1.70 bits per heavy atom. The van der Waals surface area contributed by atoms with Gasteiger partial charge in [0.1, 0.15) is 5.75 Å². The first-order valence-electron chi connectivity index (χ1n) is 16.3. The maximum absolute atomic E-state index is 13.4. The van der Waals surface area contributed by atoms with Gasteiger partial charge in [-0.15, -0.1) is 12.4 Å². The van der Waals surface area contributed by atoms with Gasteiger partial charge < -0.3 is 14.5 Å². The Labute approximate surface area is 265 Å². The fraction of sp³-hybridized carbons (Fsp3) is 0.583. The summed E-state index contributed by atoms with van der Waals surface area (Å²) < 4.78 is 6.53. The highest BCUT2D eigenvalue weighted by molar-refractivity contribution is 5.97. The molecule has 2 heterocycles. The van der Waals surface area contributed by atoms with Crippen LogP contribution in [0.4, 0.5) is 5.69 Å². The maximum atomic E-state index is 13.4. The van der Waals surface area contributed by atoms with E-state index in [-0.39, 0.29) is 49.5 Å². The SMILES string of the molecule is CCCCC(NC12CCCC(CCC1)C2)Oc1ccc(C(=O)N2CCC(N3C(=O)CCc4ccccc43)CC2)cc1.Cl.[CH2]. The first kappa shape index (κ1) is 33.3. The molecule has 2 amide bonds. The minimum absolute atomic E-state index is 0. The van der Waals surface area contributed by atoms with Gasteiger partial charge in [0.15, 0.2) is 6.23 Å². The molecule has 1 N–H and O–H groups in total. The zero-order valence-electron chi connectivity index (χ0n) is 25.9. The molecule has 1 unspecified atom stereocenters. The van der Waals surface area contributed by atoms with Crippen LogP contribution in [0.2, 0.25) is 0 Å². The van der Waals surface area contributed by atoms with Crippen molar-refractivity contribution in [1.82, 2.24) is 10.2 Å². The lowest BCUT2D eigenvalue weighted by atomic mass is 9.67. The number of unbranched alkanes of at least 4 members (excludes halogenated alkanes) is 1. The summed E-state index contributed by atoms with van der Waals surface area (Å²) in [4.78, 5) is 30.2. The molecule has 3 fully saturated rings. The molecule has 2 aromatic carbocycles. The summed E-state index contributed by atoms with van der Waals surface area (Å²) in [5.41, 5.74) is 3.25. The van der Waals surface area contributed by atoms with Gasteiger partial charge in [-0.2, -0.15) is 0 Å². The number of piperidine rings is 1. The first-order valence-corrected chi connectivity index (χ1v) is 16.3. The molecule has 4 aliphatic rings. The summed E-state index contributed by atoms with van der Waals surface area (Å²) in [6.07, 6.45) is 15.6. The van der Waals surface area contributed by atoms with Gasteiger partial charge in [0.2, 0.25) is 5.91 Å². The molecule has 6 nitrogen and oxygen atoms in total. The number of carbonyl (C=O) groups excluding carboxylic acids is 2. The van der Waals surface area contributed by atoms with Crippen molar-refractivity contribution in [1.29, 1.82) is 0 Å². The second-order valence-electron chi connectivity index (χ2n) is 13.0. The number of hydrogen-bond donors (Lipinski definition) is 1. The van der Waals surface area contributed by atoms with Gasteiger partial charge in [0.25, 0.3) is 5.91 Å². The number of anilines is 1. The number of ether oxygens (including phenoxy) is 1. The number of hydrogen-bond acceptors (Lipinski definition) is 4. The van der Waals surface area contributed by atoms with E-state index in [0.29, 0.717) is 25.1 Å². The largest absolute Gasteiger partial charge is 0.475 e. The molecule has 2 aliphatic heterocycles. The standard InChI is InChI=1S/C35H47N3O3.CH2.ClH/c1-2-3-12-32(36-35-21-6-8-26(25-35)9-7-22-35)41-30-16-13-28(14-17-30)34(40)37-23-19-29(20-24-37)38-31-11-5-4-10-27(31)15-18-33(38)39;;/h4-5,10-11,13-14,16-17,26,29,32,36H,2-3,6-9,12,15,18-25H2,1H3;1H2;1H. The zero-order valence-corrected chi connectivity index (χ0v) is 26.7. The van der Waals surface area contributed by atoms with Crippen molar-refractivity contribution in [3.05, 3.63) is 67.1 Å². The average molecular weight is 608 g/mol. The quantitative estimate of drug-likeness (QED) is 0.298. The number of aryl methyl sites for hydroxylation is 1. The number of likely N-dealkylation sites (tertiary alicyclic amines) is 1. The molecule has 0 aromatic heterocycles. The van der Waals surface area contributed by atoms with E-state index >= 15 is 0 Å². The molecule has 1 atom stereocenters. The highest BCUT2D eigenvalue weighted by atomic mass is 35.5. The van der Waals surface area contributed by atoms with Gasteiger partial charge in [0.05, 0.1) is 0 Å². The molecule has 0 spiro atoms. The van der Waals surface area contributed by atoms with Crippen molar-refractivity contribution in [3.8, 4) is 5.75 Å². The summed E-state index contributed by atoms with van der Waals surface area (Å²) in [7, 11) is 0. The predicted octanol–water partition coefficient (Wildman–Crippen LogP) is 7.62. The number of rotatable bonds is 9. The Bertz CT molecular complexity index is 1200. The van der Waals surface area contributed by atoms with Crippen LogP contribution in [0.25, 0.3) is 0 Å². The number of nitrogens with zero attached hydrogens (tertiary/aromatic N) is 2. The first-order chi connectivity index (χ1) is 20.0. The van der Waals surface area contributed by atoms with Gasteiger partial charge in [0, 0.05) is 42.3 Å². The van der Waals surface area contributed by atoms with Gasteiger partial charge in [-0.25, -0.2) is 0 Å². The smallest absolute Gasteiger partial charge is 0.253 e. The summed E-state index contributed by atoms with van der Waals surface area (Å²) in [6.45, 7) is 3.57. The zero-order chi connectivity index (χ0) is 28.2. The maximum Gasteiger partial charge on any atom is 0.253 e. The molecule has 7 heteroatoms. The second kappa shape index (κ2) is 14.9. The molecule has 2 saturated carbocycles. The third-order valence-electron chi connectivity index (χ3n) is 10.1. The Morgan fingerprint density at radius 3 is 2.40 bits per heavy atom. The molecule has 2 radical (unpaired) electrons. The Morgan fingerprint density at radius 1 is 1.00 bits per heavy atom. The van der Waals surface area contributed by atoms with Crippen LogP contribution in [0.1, 0.15) is 106 Å². The molecule has 234 valence electrons. The van der Waals surface area contributed by atoms with Crippen LogP contribution in [0.3, 0.4) is 0 Å². The molecular formula is C36H50ClN3O3. The number of benzene rings is 2. The van der Waals surface area contributed by atoms with E-state index in [1.165, 1.54) is 50.5 Å². The van der Waals surface area contributed by atoms with Crippen LogP contribution < -0.4 is 15.0 Å². The minimum Gasteiger partial charge on any atom is -0.475 e. The number of fused-ring (bicyclic) bond motifs is 3. The summed E-state index contributed by atoms with van der Waals surface area (Å²) in [6, 6.07) is 16.2. The minimum atomic E-state index is 0. The predicted molar refractivity (Wildman–Crippen MR) is 176 cm³/mol. The van der Waals surface area contributed by atoms with E-state index in [9.17, 15) is 9.59 Å². The highest BCUT2D eigenvalue weighted by Crippen LogP contribution is 2.43. The molecule has 2 aliphatic carbocycles. The molecule has 6 rings (SSSR count). The molecule has 2 aromatic rings. The number of amides is 2. The van der Waals surface area contributed by atoms with Crippen LogP contribution in [0.15, 0.2) is 48.5 Å². The van der Waals surface area contributed by atoms with E-state index in [1.807, 2.05) is 46.2 Å². The second-order valence-corrected chi connectivity index (χ2v) is 13.0. The van der Waals surface area contributed by atoms with Crippen LogP contribution in [-0.4, -0.2) is 47.6 Å². The van der Waals surface area contributed by atoms with Crippen LogP contribution in [0, 0.1) is 13.3 Å². The number of nitrogens with one attached hydrogen (secondary N) is 1. The number of halogens is 1. The van der Waals surface area contributed by atoms with Crippen LogP contribution in [0.5, 0.6) is 5.75 Å². The normalized spacial score (nSPS) is 24.3. The molecule has 1 saturated heterocycles. The van der Waals surface area contributed by atoms with E-state index in [0.717, 1.165) is 55.9 Å². The van der Waals surface area contributed by atoms with Crippen LogP contribution in [-0.2, 0) is 11.2 Å². The molecular weight excluding hydrogens is 558 g/mol. The number of para-hydroxylation sites is 1. The van der Waals surface area contributed by atoms with Gasteiger partial charge >= 0.3 is 0 Å². The third kappa shape index (κ3) is 7.57. The fourth-order valence-corrected chi connectivity index (χ4v) is 7.99. The highest BCUT2D eigenvalue weighted by Gasteiger charge is 2.40. The topological polar surface area (TPSA) is 61.9 Å². The Balaban J connectivity index is 0.00000212. The van der Waals surface area contributed by atoms with E-state index in [1.54, 1.807) is 0 Å². The van der Waals surface area contributed by atoms with Crippen LogP contribution >= 0.6 is 12.4 Å². The fourth-order valence-electron chi connectivity index (χ4n) is 7.99. The van der Waals surface area contributed by atoms with Crippen molar-refractivity contribution >= 4 is 29.9 Å². The average Bonchev–Trinajstić information content (AvgIpc) is 3.00. The molecule has 43 heavy (non-hydrogen) atoms. The lowest BCUT2D eigenvalue weighted by Gasteiger charge is -2.47. The van der Waals surface area contributed by atoms with E-state index in [2.05, 4.69) is 24.4 Å². The van der Waals surface area contributed by atoms with E-state index < -0.39 is 0 Å². The Hall–Kier alpha value is -2.57. The monoisotopic (exact) mass is 607 g/mol. The van der Waals surface area contributed by atoms with Crippen molar-refractivity contribution < 1.29 is 14.3 Å².